The number of nitrogens with two attached hydrogens (primary N) is 1. The van der Waals surface area contributed by atoms with Gasteiger partial charge in [0.2, 0.25) is 0 Å². The molecule has 0 radical (unpaired) electrons. The van der Waals surface area contributed by atoms with E-state index in [0.717, 1.165) is 30.7 Å². The molecule has 1 saturated heterocycles. The van der Waals surface area contributed by atoms with Crippen LogP contribution < -0.4 is 10.5 Å². The first-order valence-electron chi connectivity index (χ1n) is 7.53. The Morgan fingerprint density at radius 2 is 2.14 bits per heavy atom. The Bertz CT molecular complexity index is 624. The predicted octanol–water partition coefficient (Wildman–Crippen LogP) is 2.42. The van der Waals surface area contributed by atoms with Crippen molar-refractivity contribution < 1.29 is 13.9 Å². The van der Waals surface area contributed by atoms with Gasteiger partial charge in [0.05, 0.1) is 6.26 Å². The summed E-state index contributed by atoms with van der Waals surface area (Å²) in [6.07, 6.45) is 3.43. The summed E-state index contributed by atoms with van der Waals surface area (Å²) in [7, 11) is 0. The molecule has 5 nitrogen and oxygen atoms in total. The van der Waals surface area contributed by atoms with Crippen molar-refractivity contribution in [2.24, 2.45) is 5.73 Å². The Hall–Kier alpha value is -2.27. The maximum Gasteiger partial charge on any atom is 0.290 e. The largest absolute Gasteiger partial charge is 0.489 e. The van der Waals surface area contributed by atoms with Crippen molar-refractivity contribution in [2.75, 3.05) is 13.1 Å². The van der Waals surface area contributed by atoms with Gasteiger partial charge in [-0.2, -0.15) is 0 Å². The van der Waals surface area contributed by atoms with E-state index in [1.54, 1.807) is 11.0 Å². The fourth-order valence-electron chi connectivity index (χ4n) is 2.65. The van der Waals surface area contributed by atoms with Gasteiger partial charge in [0.1, 0.15) is 12.4 Å². The second-order valence-electron chi connectivity index (χ2n) is 5.53. The van der Waals surface area contributed by atoms with Gasteiger partial charge < -0.3 is 19.8 Å². The first kappa shape index (κ1) is 14.7. The number of rotatable bonds is 4. The predicted molar refractivity (Wildman–Crippen MR) is 82.6 cm³/mol. The molecule has 0 saturated carbocycles. The third-order valence-corrected chi connectivity index (χ3v) is 3.82. The van der Waals surface area contributed by atoms with E-state index >= 15 is 0 Å². The zero-order valence-electron chi connectivity index (χ0n) is 12.4. The minimum Gasteiger partial charge on any atom is -0.489 e. The van der Waals surface area contributed by atoms with Crippen LogP contribution in [0.2, 0.25) is 0 Å². The van der Waals surface area contributed by atoms with Gasteiger partial charge in [0.15, 0.2) is 5.76 Å². The van der Waals surface area contributed by atoms with E-state index in [-0.39, 0.29) is 11.9 Å². The maximum atomic E-state index is 12.6. The number of carbonyl (C=O) groups is 1. The molecule has 1 atom stereocenters. The highest BCUT2D eigenvalue weighted by Gasteiger charge is 2.26. The normalized spacial score (nSPS) is 18.2. The van der Waals surface area contributed by atoms with Crippen molar-refractivity contribution in [1.29, 1.82) is 0 Å². The van der Waals surface area contributed by atoms with Crippen LogP contribution in [-0.4, -0.2) is 29.9 Å². The van der Waals surface area contributed by atoms with E-state index in [9.17, 15) is 4.79 Å². The van der Waals surface area contributed by atoms with Gasteiger partial charge >= 0.3 is 0 Å². The molecular weight excluding hydrogens is 280 g/mol. The topological polar surface area (TPSA) is 68.7 Å². The zero-order valence-corrected chi connectivity index (χ0v) is 12.4. The van der Waals surface area contributed by atoms with Crippen molar-refractivity contribution in [3.63, 3.8) is 0 Å². The molecule has 2 aromatic rings. The van der Waals surface area contributed by atoms with Crippen LogP contribution in [0.25, 0.3) is 0 Å². The Kier molecular flexibility index (Phi) is 4.44. The second-order valence-corrected chi connectivity index (χ2v) is 5.53. The van der Waals surface area contributed by atoms with Gasteiger partial charge in [-0.15, -0.1) is 0 Å². The monoisotopic (exact) mass is 300 g/mol. The molecule has 1 amide bonds. The average Bonchev–Trinajstić information content (AvgIpc) is 3.01. The smallest absolute Gasteiger partial charge is 0.290 e. The zero-order chi connectivity index (χ0) is 15.4. The molecule has 116 valence electrons. The quantitative estimate of drug-likeness (QED) is 0.941. The number of carbonyl (C=O) groups excluding carboxylic acids is 1. The molecule has 3 rings (SSSR count). The molecule has 1 fully saturated rings. The van der Waals surface area contributed by atoms with Crippen molar-refractivity contribution in [3.05, 3.63) is 54.0 Å². The minimum absolute atomic E-state index is 0.0525. The summed E-state index contributed by atoms with van der Waals surface area (Å²) in [5.74, 6) is 1.01. The fraction of sp³-hybridized carbons (Fsp3) is 0.353. The molecule has 5 heteroatoms. The van der Waals surface area contributed by atoms with Crippen molar-refractivity contribution in [2.45, 2.75) is 25.5 Å². The van der Waals surface area contributed by atoms with Gasteiger partial charge in [-0.3, -0.25) is 4.79 Å². The van der Waals surface area contributed by atoms with Crippen LogP contribution in [0.3, 0.4) is 0 Å². The number of amides is 1. The van der Waals surface area contributed by atoms with Crippen LogP contribution in [0, 0.1) is 0 Å². The molecule has 0 aliphatic carbocycles. The molecular formula is C17H20N2O3. The number of hydrogen-bond acceptors (Lipinski definition) is 4. The first-order valence-corrected chi connectivity index (χ1v) is 7.53. The first-order chi connectivity index (χ1) is 10.7. The van der Waals surface area contributed by atoms with Crippen LogP contribution in [0.15, 0.2) is 47.1 Å². The van der Waals surface area contributed by atoms with Crippen LogP contribution >= 0.6 is 0 Å². The Labute approximate surface area is 129 Å². The summed E-state index contributed by atoms with van der Waals surface area (Å²) in [4.78, 5) is 14.3. The SMILES string of the molecule is NC1CCCN(C(=O)c2occc2COc2ccccc2)C1. The lowest BCUT2D eigenvalue weighted by atomic mass is 10.1. The lowest BCUT2D eigenvalue weighted by Crippen LogP contribution is -2.45. The summed E-state index contributed by atoms with van der Waals surface area (Å²) < 4.78 is 11.1. The molecule has 1 aliphatic heterocycles. The number of hydrogen-bond donors (Lipinski definition) is 1. The number of benzene rings is 1. The van der Waals surface area contributed by atoms with E-state index in [4.69, 9.17) is 14.9 Å². The number of para-hydroxylation sites is 1. The van der Waals surface area contributed by atoms with E-state index in [2.05, 4.69) is 0 Å². The Morgan fingerprint density at radius 1 is 1.32 bits per heavy atom. The number of nitrogens with zero attached hydrogens (tertiary/aromatic N) is 1. The molecule has 1 unspecified atom stereocenters. The van der Waals surface area contributed by atoms with Crippen molar-refractivity contribution in [3.8, 4) is 5.75 Å². The third-order valence-electron chi connectivity index (χ3n) is 3.82. The second kappa shape index (κ2) is 6.66. The highest BCUT2D eigenvalue weighted by Crippen LogP contribution is 2.19. The molecule has 1 aliphatic rings. The van der Waals surface area contributed by atoms with E-state index in [1.165, 1.54) is 6.26 Å². The molecule has 1 aromatic carbocycles. The van der Waals surface area contributed by atoms with E-state index < -0.39 is 0 Å². The van der Waals surface area contributed by atoms with Gasteiger partial charge in [0.25, 0.3) is 5.91 Å². The van der Waals surface area contributed by atoms with E-state index in [1.807, 2.05) is 30.3 Å². The molecule has 1 aromatic heterocycles. The highest BCUT2D eigenvalue weighted by molar-refractivity contribution is 5.93. The van der Waals surface area contributed by atoms with Crippen molar-refractivity contribution >= 4 is 5.91 Å². The number of ether oxygens (including phenoxy) is 1. The summed E-state index contributed by atoms with van der Waals surface area (Å²) >= 11 is 0. The van der Waals surface area contributed by atoms with Crippen LogP contribution in [0.4, 0.5) is 0 Å². The third kappa shape index (κ3) is 3.31. The average molecular weight is 300 g/mol. The van der Waals surface area contributed by atoms with Gasteiger partial charge in [-0.25, -0.2) is 0 Å². The minimum atomic E-state index is -0.105. The van der Waals surface area contributed by atoms with Gasteiger partial charge in [0, 0.05) is 24.7 Å². The fourth-order valence-corrected chi connectivity index (χ4v) is 2.65. The summed E-state index contributed by atoms with van der Waals surface area (Å²) in [6.45, 7) is 1.62. The molecule has 2 heterocycles. The highest BCUT2D eigenvalue weighted by atomic mass is 16.5. The van der Waals surface area contributed by atoms with Crippen LogP contribution in [0.5, 0.6) is 5.75 Å². The van der Waals surface area contributed by atoms with Crippen molar-refractivity contribution in [1.82, 2.24) is 4.90 Å². The summed E-state index contributed by atoms with van der Waals surface area (Å²) in [6, 6.07) is 11.3. The number of furan rings is 1. The van der Waals surface area contributed by atoms with Crippen LogP contribution in [0.1, 0.15) is 29.0 Å². The Balaban J connectivity index is 1.67. The number of piperidine rings is 1. The Morgan fingerprint density at radius 3 is 2.91 bits per heavy atom. The van der Waals surface area contributed by atoms with Crippen LogP contribution in [-0.2, 0) is 6.61 Å². The molecule has 22 heavy (non-hydrogen) atoms. The van der Waals surface area contributed by atoms with Gasteiger partial charge in [-0.1, -0.05) is 18.2 Å². The number of likely N-dealkylation sites (tertiary alicyclic amines) is 1. The lowest BCUT2D eigenvalue weighted by Gasteiger charge is -2.30. The maximum absolute atomic E-state index is 12.6. The molecule has 0 bridgehead atoms. The summed E-state index contributed by atoms with van der Waals surface area (Å²) in [5, 5.41) is 0. The molecule has 2 N–H and O–H groups in total. The van der Waals surface area contributed by atoms with Gasteiger partial charge in [-0.05, 0) is 31.0 Å². The standard InChI is InChI=1S/C17H20N2O3/c18-14-5-4-9-19(11-14)17(20)16-13(8-10-21-16)12-22-15-6-2-1-3-7-15/h1-3,6-8,10,14H,4-5,9,11-12,18H2. The van der Waals surface area contributed by atoms with E-state index in [0.29, 0.717) is 18.9 Å². The summed E-state index contributed by atoms with van der Waals surface area (Å²) in [5.41, 5.74) is 6.70. The lowest BCUT2D eigenvalue weighted by molar-refractivity contribution is 0.0673. The molecule has 0 spiro atoms.